The quantitative estimate of drug-likeness (QED) is 0.599. The molecule has 0 N–H and O–H groups in total. The fourth-order valence-corrected chi connectivity index (χ4v) is 1.59. The van der Waals surface area contributed by atoms with Gasteiger partial charge in [-0.25, -0.2) is 0 Å². The second kappa shape index (κ2) is 3.20. The second-order valence-electron chi connectivity index (χ2n) is 3.27. The summed E-state index contributed by atoms with van der Waals surface area (Å²) in [6.45, 7) is 0. The van der Waals surface area contributed by atoms with E-state index in [-0.39, 0.29) is 0 Å². The molecule has 1 aromatic heterocycles. The van der Waals surface area contributed by atoms with E-state index in [1.165, 1.54) is 10.8 Å². The van der Waals surface area contributed by atoms with E-state index in [0.29, 0.717) is 5.82 Å². The summed E-state index contributed by atoms with van der Waals surface area (Å²) in [5.74, 6) is 0.570. The van der Waals surface area contributed by atoms with Gasteiger partial charge in [-0.05, 0) is 16.8 Å². The third-order valence-electron chi connectivity index (χ3n) is 2.33. The van der Waals surface area contributed by atoms with Crippen LogP contribution in [0.2, 0.25) is 0 Å². The summed E-state index contributed by atoms with van der Waals surface area (Å²) in [5.41, 5.74) is 0.943. The number of hydrogen-bond acceptors (Lipinski definition) is 3. The Morgan fingerprint density at radius 3 is 2.67 bits per heavy atom. The molecule has 0 saturated carbocycles. The SMILES string of the molecule is [c]1nc(-c2ccc3ccccc3c2)no1. The van der Waals surface area contributed by atoms with E-state index < -0.39 is 0 Å². The maximum Gasteiger partial charge on any atom is 0.316 e. The number of benzene rings is 2. The zero-order valence-corrected chi connectivity index (χ0v) is 7.84. The van der Waals surface area contributed by atoms with Crippen molar-refractivity contribution >= 4 is 10.8 Å². The molecule has 3 heteroatoms. The molecule has 3 aromatic rings. The van der Waals surface area contributed by atoms with E-state index in [4.69, 9.17) is 0 Å². The Labute approximate surface area is 86.4 Å². The lowest BCUT2D eigenvalue weighted by atomic mass is 10.1. The van der Waals surface area contributed by atoms with Gasteiger partial charge >= 0.3 is 6.39 Å². The zero-order valence-electron chi connectivity index (χ0n) is 7.84. The highest BCUT2D eigenvalue weighted by Gasteiger charge is 2.03. The van der Waals surface area contributed by atoms with Gasteiger partial charge < -0.3 is 4.52 Å². The Kier molecular flexibility index (Phi) is 1.75. The summed E-state index contributed by atoms with van der Waals surface area (Å²) in [5, 5.41) is 6.12. The molecule has 3 nitrogen and oxygen atoms in total. The first-order valence-corrected chi connectivity index (χ1v) is 4.62. The fourth-order valence-electron chi connectivity index (χ4n) is 1.59. The Morgan fingerprint density at radius 2 is 1.87 bits per heavy atom. The van der Waals surface area contributed by atoms with Crippen molar-refractivity contribution < 1.29 is 4.52 Å². The van der Waals surface area contributed by atoms with Crippen LogP contribution in [-0.2, 0) is 0 Å². The lowest BCUT2D eigenvalue weighted by Crippen LogP contribution is -1.80. The molecular weight excluding hydrogens is 188 g/mol. The largest absolute Gasteiger partial charge is 0.328 e. The van der Waals surface area contributed by atoms with Crippen molar-refractivity contribution in [2.24, 2.45) is 0 Å². The minimum Gasteiger partial charge on any atom is -0.328 e. The summed E-state index contributed by atoms with van der Waals surface area (Å²) in [6, 6.07) is 14.2. The van der Waals surface area contributed by atoms with Crippen LogP contribution in [0, 0.1) is 6.39 Å². The van der Waals surface area contributed by atoms with Crippen LogP contribution in [0.5, 0.6) is 0 Å². The van der Waals surface area contributed by atoms with Crippen molar-refractivity contribution in [1.29, 1.82) is 0 Å². The van der Waals surface area contributed by atoms with Crippen molar-refractivity contribution in [2.45, 2.75) is 0 Å². The van der Waals surface area contributed by atoms with Crippen LogP contribution < -0.4 is 0 Å². The Morgan fingerprint density at radius 1 is 1.00 bits per heavy atom. The lowest BCUT2D eigenvalue weighted by Gasteiger charge is -1.98. The van der Waals surface area contributed by atoms with Crippen molar-refractivity contribution in [3.05, 3.63) is 48.9 Å². The average molecular weight is 195 g/mol. The van der Waals surface area contributed by atoms with Gasteiger partial charge in [0.25, 0.3) is 0 Å². The standard InChI is InChI=1S/C12H7N2O/c1-2-4-10-7-11(6-5-9(10)3-1)12-13-8-15-14-12/h1-7H. The minimum atomic E-state index is 0.570. The molecule has 0 aliphatic heterocycles. The van der Waals surface area contributed by atoms with Crippen LogP contribution in [0.3, 0.4) is 0 Å². The van der Waals surface area contributed by atoms with Crippen LogP contribution in [-0.4, -0.2) is 10.1 Å². The molecule has 0 saturated heterocycles. The molecule has 15 heavy (non-hydrogen) atoms. The molecule has 0 amide bonds. The maximum atomic E-state index is 4.59. The first kappa shape index (κ1) is 8.17. The van der Waals surface area contributed by atoms with Gasteiger partial charge in [0.15, 0.2) is 0 Å². The molecule has 1 heterocycles. The molecule has 0 aliphatic carbocycles. The average Bonchev–Trinajstić information content (AvgIpc) is 2.82. The summed E-state index contributed by atoms with van der Waals surface area (Å²) in [6.07, 6.45) is 2.34. The van der Waals surface area contributed by atoms with E-state index >= 15 is 0 Å². The van der Waals surface area contributed by atoms with Gasteiger partial charge in [-0.1, -0.05) is 41.6 Å². The molecular formula is C12H7N2O. The third kappa shape index (κ3) is 1.38. The van der Waals surface area contributed by atoms with Gasteiger partial charge in [0.1, 0.15) is 0 Å². The molecule has 0 spiro atoms. The van der Waals surface area contributed by atoms with E-state index in [0.717, 1.165) is 5.56 Å². The Bertz CT molecular complexity index is 587. The van der Waals surface area contributed by atoms with Gasteiger partial charge in [-0.2, -0.15) is 4.98 Å². The monoisotopic (exact) mass is 195 g/mol. The summed E-state index contributed by atoms with van der Waals surface area (Å²) in [7, 11) is 0. The van der Waals surface area contributed by atoms with Gasteiger partial charge in [0.05, 0.1) is 0 Å². The predicted octanol–water partition coefficient (Wildman–Crippen LogP) is 2.69. The van der Waals surface area contributed by atoms with E-state index in [9.17, 15) is 0 Å². The number of nitrogens with zero attached hydrogens (tertiary/aromatic N) is 2. The number of rotatable bonds is 1. The Balaban J connectivity index is 2.22. The highest BCUT2D eigenvalue weighted by atomic mass is 16.5. The fraction of sp³-hybridized carbons (Fsp3) is 0. The molecule has 0 bridgehead atoms. The summed E-state index contributed by atoms with van der Waals surface area (Å²) < 4.78 is 4.59. The van der Waals surface area contributed by atoms with E-state index in [1.807, 2.05) is 30.3 Å². The van der Waals surface area contributed by atoms with Crippen LogP contribution in [0.1, 0.15) is 0 Å². The first-order valence-electron chi connectivity index (χ1n) is 4.62. The van der Waals surface area contributed by atoms with Gasteiger partial charge in [0.2, 0.25) is 5.82 Å². The molecule has 3 rings (SSSR count). The molecule has 71 valence electrons. The van der Waals surface area contributed by atoms with Crippen LogP contribution in [0.25, 0.3) is 22.2 Å². The highest BCUT2D eigenvalue weighted by molar-refractivity contribution is 5.86. The Hall–Kier alpha value is -2.16. The smallest absolute Gasteiger partial charge is 0.316 e. The number of aromatic nitrogens is 2. The normalized spacial score (nSPS) is 10.7. The minimum absolute atomic E-state index is 0.570. The van der Waals surface area contributed by atoms with Crippen molar-refractivity contribution in [2.75, 3.05) is 0 Å². The van der Waals surface area contributed by atoms with Gasteiger partial charge in [0, 0.05) is 5.56 Å². The van der Waals surface area contributed by atoms with Crippen molar-refractivity contribution in [1.82, 2.24) is 10.1 Å². The molecule has 2 aromatic carbocycles. The molecule has 0 atom stereocenters. The number of hydrogen-bond donors (Lipinski definition) is 0. The second-order valence-corrected chi connectivity index (χ2v) is 3.27. The third-order valence-corrected chi connectivity index (χ3v) is 2.33. The van der Waals surface area contributed by atoms with E-state index in [1.54, 1.807) is 0 Å². The lowest BCUT2D eigenvalue weighted by molar-refractivity contribution is 0.411. The topological polar surface area (TPSA) is 38.9 Å². The number of fused-ring (bicyclic) bond motifs is 1. The summed E-state index contributed by atoms with van der Waals surface area (Å²) in [4.78, 5) is 3.89. The maximum absolute atomic E-state index is 4.59. The van der Waals surface area contributed by atoms with Crippen LogP contribution in [0.15, 0.2) is 47.0 Å². The van der Waals surface area contributed by atoms with E-state index in [2.05, 4.69) is 33.2 Å². The van der Waals surface area contributed by atoms with Gasteiger partial charge in [-0.3, -0.25) is 0 Å². The zero-order chi connectivity index (χ0) is 10.1. The predicted molar refractivity (Wildman–Crippen MR) is 56.1 cm³/mol. The highest BCUT2D eigenvalue weighted by Crippen LogP contribution is 2.21. The molecule has 0 unspecified atom stereocenters. The van der Waals surface area contributed by atoms with Gasteiger partial charge in [-0.15, -0.1) is 0 Å². The molecule has 0 aliphatic rings. The van der Waals surface area contributed by atoms with Crippen LogP contribution >= 0.6 is 0 Å². The van der Waals surface area contributed by atoms with Crippen LogP contribution in [0.4, 0.5) is 0 Å². The molecule has 1 radical (unpaired) electrons. The molecule has 0 fully saturated rings. The summed E-state index contributed by atoms with van der Waals surface area (Å²) >= 11 is 0. The van der Waals surface area contributed by atoms with Crippen molar-refractivity contribution in [3.63, 3.8) is 0 Å². The first-order chi connectivity index (χ1) is 7.43. The van der Waals surface area contributed by atoms with Crippen molar-refractivity contribution in [3.8, 4) is 11.4 Å².